The van der Waals surface area contributed by atoms with E-state index in [0.717, 1.165) is 0 Å². The van der Waals surface area contributed by atoms with Crippen molar-refractivity contribution < 1.29 is 5.21 Å². The zero-order valence-electron chi connectivity index (χ0n) is 7.18. The molecule has 6 N–H and O–H groups in total. The zero-order valence-corrected chi connectivity index (χ0v) is 8.81. The van der Waals surface area contributed by atoms with E-state index in [1.165, 1.54) is 0 Å². The second kappa shape index (κ2) is 7.25. The molecule has 1 rings (SSSR count). The van der Waals surface area contributed by atoms with Crippen LogP contribution in [0.1, 0.15) is 0 Å². The van der Waals surface area contributed by atoms with Crippen LogP contribution in [-0.4, -0.2) is 11.2 Å². The van der Waals surface area contributed by atoms with Crippen molar-refractivity contribution in [3.63, 3.8) is 0 Å². The minimum absolute atomic E-state index is 0. The Balaban J connectivity index is 0. The van der Waals surface area contributed by atoms with Gasteiger partial charge in [-0.25, -0.2) is 10.5 Å². The molecule has 1 aromatic carbocycles. The van der Waals surface area contributed by atoms with Crippen molar-refractivity contribution in [1.29, 1.82) is 0 Å². The van der Waals surface area contributed by atoms with Crippen molar-refractivity contribution in [3.8, 4) is 0 Å². The van der Waals surface area contributed by atoms with Gasteiger partial charge in [0.15, 0.2) is 0 Å². The highest BCUT2D eigenvalue weighted by Crippen LogP contribution is 2.13. The van der Waals surface area contributed by atoms with Gasteiger partial charge in [-0.05, 0) is 24.3 Å². The molecule has 0 unspecified atom stereocenters. The molecule has 0 aliphatic heterocycles. The molecule has 0 fully saturated rings. The summed E-state index contributed by atoms with van der Waals surface area (Å²) in [5.41, 5.74) is 13.7. The number of nitrogens with zero attached hydrogens (tertiary/aromatic N) is 1. The van der Waals surface area contributed by atoms with Crippen molar-refractivity contribution in [2.45, 2.75) is 0 Å². The van der Waals surface area contributed by atoms with Crippen molar-refractivity contribution in [1.82, 2.24) is 5.48 Å². The van der Waals surface area contributed by atoms with Gasteiger partial charge in [0.25, 0.3) is 0 Å². The Hall–Kier alpha value is -1.17. The maximum atomic E-state index is 8.32. The second-order valence-electron chi connectivity index (χ2n) is 2.20. The first-order valence-corrected chi connectivity index (χ1v) is 3.32. The topological polar surface area (TPSA) is 96.7 Å². The molecular weight excluding hydrogens is 227 g/mol. The van der Waals surface area contributed by atoms with Crippen LogP contribution in [-0.2, 0) is 0 Å². The second-order valence-corrected chi connectivity index (χ2v) is 2.20. The molecule has 0 aromatic heterocycles. The fourth-order valence-corrected chi connectivity index (χ4v) is 0.713. The van der Waals surface area contributed by atoms with Gasteiger partial charge in [-0.3, -0.25) is 5.21 Å². The summed E-state index contributed by atoms with van der Waals surface area (Å²) in [6, 6.07) is 6.78. The summed E-state index contributed by atoms with van der Waals surface area (Å²) in [5.74, 6) is -0.0558. The van der Waals surface area contributed by atoms with E-state index in [0.29, 0.717) is 11.4 Å². The van der Waals surface area contributed by atoms with Gasteiger partial charge in [0.05, 0.1) is 5.69 Å². The lowest BCUT2D eigenvalue weighted by Crippen LogP contribution is -2.27. The summed E-state index contributed by atoms with van der Waals surface area (Å²) < 4.78 is 0. The molecule has 0 saturated carbocycles. The average molecular weight is 239 g/mol. The Kier molecular flexibility index (Phi) is 7.93. The fraction of sp³-hybridized carbons (Fsp3) is 0. The Bertz CT molecular complexity index is 288. The third-order valence-electron chi connectivity index (χ3n) is 1.26. The molecule has 0 heterocycles. The highest BCUT2D eigenvalue weighted by atomic mass is 35.5. The molecule has 14 heavy (non-hydrogen) atoms. The third-order valence-corrected chi connectivity index (χ3v) is 1.26. The van der Waals surface area contributed by atoms with Crippen LogP contribution in [0.2, 0.25) is 0 Å². The van der Waals surface area contributed by atoms with E-state index in [1.807, 2.05) is 0 Å². The number of anilines is 1. The molecule has 0 aliphatic carbocycles. The van der Waals surface area contributed by atoms with E-state index in [4.69, 9.17) is 16.7 Å². The fourth-order valence-electron chi connectivity index (χ4n) is 0.713. The maximum absolute atomic E-state index is 8.32. The van der Waals surface area contributed by atoms with Crippen molar-refractivity contribution in [2.24, 2.45) is 10.7 Å². The Morgan fingerprint density at radius 1 is 1.21 bits per heavy atom. The summed E-state index contributed by atoms with van der Waals surface area (Å²) in [4.78, 5) is 3.80. The maximum Gasteiger partial charge on any atom is 0.218 e. The molecule has 7 heteroatoms. The van der Waals surface area contributed by atoms with E-state index >= 15 is 0 Å². The number of nitrogen functional groups attached to an aromatic ring is 1. The lowest BCUT2D eigenvalue weighted by Gasteiger charge is -1.97. The van der Waals surface area contributed by atoms with Crippen LogP contribution in [0.25, 0.3) is 0 Å². The van der Waals surface area contributed by atoms with Gasteiger partial charge in [-0.2, -0.15) is 0 Å². The van der Waals surface area contributed by atoms with E-state index in [9.17, 15) is 0 Å². The molecule has 0 radical (unpaired) electrons. The SMILES string of the molecule is Cl.Cl.NC(=Nc1ccc(N)cc1)NO. The highest BCUT2D eigenvalue weighted by molar-refractivity contribution is 5.85. The largest absolute Gasteiger partial charge is 0.399 e. The summed E-state index contributed by atoms with van der Waals surface area (Å²) in [5, 5.41) is 8.32. The molecule has 80 valence electrons. The third kappa shape index (κ3) is 4.76. The zero-order chi connectivity index (χ0) is 8.97. The van der Waals surface area contributed by atoms with Gasteiger partial charge in [0.2, 0.25) is 5.96 Å². The molecule has 5 nitrogen and oxygen atoms in total. The first kappa shape index (κ1) is 15.3. The molecule has 0 spiro atoms. The van der Waals surface area contributed by atoms with E-state index in [-0.39, 0.29) is 30.8 Å². The molecule has 0 amide bonds. The molecular formula is C7H12Cl2N4O. The first-order chi connectivity index (χ1) is 5.72. The Labute approximate surface area is 94.0 Å². The summed E-state index contributed by atoms with van der Waals surface area (Å²) in [7, 11) is 0. The highest BCUT2D eigenvalue weighted by Gasteiger charge is 1.90. The molecule has 1 aromatic rings. The molecule has 0 bridgehead atoms. The minimum Gasteiger partial charge on any atom is -0.399 e. The first-order valence-electron chi connectivity index (χ1n) is 3.32. The van der Waals surface area contributed by atoms with Gasteiger partial charge in [-0.15, -0.1) is 24.8 Å². The Morgan fingerprint density at radius 3 is 2.14 bits per heavy atom. The van der Waals surface area contributed by atoms with Crippen LogP contribution >= 0.6 is 24.8 Å². The van der Waals surface area contributed by atoms with Crippen LogP contribution in [0.15, 0.2) is 29.3 Å². The molecule has 0 aliphatic rings. The number of guanidine groups is 1. The number of hydroxylamine groups is 1. The van der Waals surface area contributed by atoms with Crippen molar-refractivity contribution in [3.05, 3.63) is 24.3 Å². The number of aliphatic imine (C=N–C) groups is 1. The Morgan fingerprint density at radius 2 is 1.71 bits per heavy atom. The van der Waals surface area contributed by atoms with Crippen molar-refractivity contribution in [2.75, 3.05) is 5.73 Å². The monoisotopic (exact) mass is 238 g/mol. The normalized spacial score (nSPS) is 9.64. The lowest BCUT2D eigenvalue weighted by atomic mass is 10.3. The van der Waals surface area contributed by atoms with E-state index < -0.39 is 0 Å². The van der Waals surface area contributed by atoms with Crippen molar-refractivity contribution >= 4 is 42.1 Å². The van der Waals surface area contributed by atoms with Crippen LogP contribution in [0, 0.1) is 0 Å². The van der Waals surface area contributed by atoms with Gasteiger partial charge >= 0.3 is 0 Å². The number of hydrogen-bond donors (Lipinski definition) is 4. The average Bonchev–Trinajstić information content (AvgIpc) is 2.09. The summed E-state index contributed by atoms with van der Waals surface area (Å²) in [6.07, 6.45) is 0. The quantitative estimate of drug-likeness (QED) is 0.255. The van der Waals surface area contributed by atoms with Crippen LogP contribution < -0.4 is 16.9 Å². The number of halogens is 2. The molecule has 0 atom stereocenters. The van der Waals surface area contributed by atoms with E-state index in [2.05, 4.69) is 4.99 Å². The van der Waals surface area contributed by atoms with Gasteiger partial charge in [0, 0.05) is 5.69 Å². The van der Waals surface area contributed by atoms with Crippen LogP contribution in [0.5, 0.6) is 0 Å². The number of nitrogens with two attached hydrogens (primary N) is 2. The van der Waals surface area contributed by atoms with Gasteiger partial charge in [-0.1, -0.05) is 0 Å². The number of hydrogen-bond acceptors (Lipinski definition) is 3. The van der Waals surface area contributed by atoms with Gasteiger partial charge < -0.3 is 11.5 Å². The summed E-state index contributed by atoms with van der Waals surface area (Å²) in [6.45, 7) is 0. The van der Waals surface area contributed by atoms with Gasteiger partial charge in [0.1, 0.15) is 0 Å². The predicted molar refractivity (Wildman–Crippen MR) is 61.6 cm³/mol. The van der Waals surface area contributed by atoms with Crippen LogP contribution in [0.4, 0.5) is 11.4 Å². The van der Waals surface area contributed by atoms with Crippen LogP contribution in [0.3, 0.4) is 0 Å². The summed E-state index contributed by atoms with van der Waals surface area (Å²) >= 11 is 0. The minimum atomic E-state index is -0.0558. The molecule has 0 saturated heterocycles. The van der Waals surface area contributed by atoms with E-state index in [1.54, 1.807) is 29.7 Å². The standard InChI is InChI=1S/C7H10N4O.2ClH/c8-5-1-3-6(4-2-5)10-7(9)11-12;;/h1-4,12H,8H2,(H3,9,10,11);2*1H. The number of rotatable bonds is 1. The predicted octanol–water partition coefficient (Wildman–Crippen LogP) is 1.04. The lowest BCUT2D eigenvalue weighted by molar-refractivity contribution is 0.233. The number of benzene rings is 1. The number of nitrogens with one attached hydrogen (secondary N) is 1. The smallest absolute Gasteiger partial charge is 0.218 e.